The molecule has 0 spiro atoms. The van der Waals surface area contributed by atoms with Crippen LogP contribution in [-0.4, -0.2) is 6.29 Å². The van der Waals surface area contributed by atoms with E-state index in [9.17, 15) is 18.0 Å². The van der Waals surface area contributed by atoms with E-state index < -0.39 is 16.8 Å². The van der Waals surface area contributed by atoms with Crippen LogP contribution in [0.5, 0.6) is 0 Å². The summed E-state index contributed by atoms with van der Waals surface area (Å²) in [5.41, 5.74) is -1.14. The van der Waals surface area contributed by atoms with Crippen molar-refractivity contribution in [2.45, 2.75) is 25.9 Å². The molecule has 18 heavy (non-hydrogen) atoms. The van der Waals surface area contributed by atoms with Crippen LogP contribution in [-0.2, 0) is 6.18 Å². The van der Waals surface area contributed by atoms with E-state index in [1.54, 1.807) is 0 Å². The third-order valence-electron chi connectivity index (χ3n) is 1.81. The summed E-state index contributed by atoms with van der Waals surface area (Å²) in [6.45, 7) is 5.72. The van der Waals surface area contributed by atoms with Gasteiger partial charge in [-0.1, -0.05) is 37.1 Å². The Balaban J connectivity index is 0. The molecule has 0 unspecified atom stereocenters. The summed E-state index contributed by atoms with van der Waals surface area (Å²) in [6, 6.07) is 3.19. The van der Waals surface area contributed by atoms with Crippen molar-refractivity contribution in [2.75, 3.05) is 0 Å². The van der Waals surface area contributed by atoms with E-state index in [-0.39, 0.29) is 30.7 Å². The van der Waals surface area contributed by atoms with Crippen LogP contribution in [0, 0.1) is 6.92 Å². The molecule has 0 saturated carbocycles. The largest absolute Gasteiger partial charge is 1.00 e. The molecule has 6 heteroatoms. The molecule has 1 aromatic carbocycles. The van der Waals surface area contributed by atoms with Crippen molar-refractivity contribution in [1.82, 2.24) is 0 Å². The zero-order valence-electron chi connectivity index (χ0n) is 10.4. The Morgan fingerprint density at radius 2 is 1.89 bits per heavy atom. The van der Waals surface area contributed by atoms with Crippen molar-refractivity contribution < 1.29 is 36.8 Å². The molecule has 0 N–H and O–H groups in total. The molecular weight excluding hydrogens is 260 g/mol. The summed E-state index contributed by atoms with van der Waals surface area (Å²) in [4.78, 5) is 10.3. The quantitative estimate of drug-likeness (QED) is 0.456. The molecule has 0 aromatic heterocycles. The van der Waals surface area contributed by atoms with E-state index in [2.05, 4.69) is 13.8 Å². The van der Waals surface area contributed by atoms with Gasteiger partial charge in [-0.15, -0.1) is 0 Å². The fourth-order valence-corrected chi connectivity index (χ4v) is 1.14. The first kappa shape index (κ1) is 19.9. The Morgan fingerprint density at radius 3 is 2.22 bits per heavy atom. The number of hydrogen-bond donors (Lipinski definition) is 0. The molecule has 0 bridgehead atoms. The number of alkyl halides is 3. The monoisotopic (exact) mass is 272 g/mol. The van der Waals surface area contributed by atoms with Gasteiger partial charge in [0.25, 0.3) is 0 Å². The fourth-order valence-electron chi connectivity index (χ4n) is 0.860. The van der Waals surface area contributed by atoms with Gasteiger partial charge in [-0.3, -0.25) is 4.79 Å². The van der Waals surface area contributed by atoms with Crippen LogP contribution in [0.1, 0.15) is 35.7 Å². The predicted molar refractivity (Wildman–Crippen MR) is 62.1 cm³/mol. The van der Waals surface area contributed by atoms with Crippen molar-refractivity contribution >= 4 is 17.9 Å². The van der Waals surface area contributed by atoms with Gasteiger partial charge >= 0.3 is 25.0 Å². The Morgan fingerprint density at radius 1 is 1.39 bits per heavy atom. The first-order valence-electron chi connectivity index (χ1n) is 4.98. The van der Waals surface area contributed by atoms with Gasteiger partial charge in [0.15, 0.2) is 6.29 Å². The first-order chi connectivity index (χ1) is 7.88. The summed E-state index contributed by atoms with van der Waals surface area (Å²) in [5.74, 6) is 0. The maximum Gasteiger partial charge on any atom is 1.00 e. The molecule has 96 valence electrons. The summed E-state index contributed by atoms with van der Waals surface area (Å²) in [5, 5.41) is -0.551. The van der Waals surface area contributed by atoms with Crippen molar-refractivity contribution in [1.29, 1.82) is 0 Å². The average Bonchev–Trinajstić information content (AvgIpc) is 2.28. The van der Waals surface area contributed by atoms with Gasteiger partial charge in [-0.2, -0.15) is 19.6 Å². The third kappa shape index (κ3) is 6.49. The van der Waals surface area contributed by atoms with Gasteiger partial charge in [0.2, 0.25) is 0 Å². The minimum Gasteiger partial charge on any atom is -0.343 e. The second kappa shape index (κ2) is 9.49. The van der Waals surface area contributed by atoms with E-state index in [0.717, 1.165) is 18.6 Å². The first-order valence-corrected chi connectivity index (χ1v) is 5.36. The number of carbonyl (C=O) groups is 1. The smallest absolute Gasteiger partial charge is 0.343 e. The van der Waals surface area contributed by atoms with Crippen LogP contribution < -0.4 is 18.9 Å². The van der Waals surface area contributed by atoms with Crippen molar-refractivity contribution in [3.63, 3.8) is 0 Å². The minimum absolute atomic E-state index is 0. The summed E-state index contributed by atoms with van der Waals surface area (Å²) >= 11 is 5.34. The van der Waals surface area contributed by atoms with E-state index in [1.807, 2.05) is 0 Å². The van der Waals surface area contributed by atoms with E-state index in [0.29, 0.717) is 0 Å². The molecular formula is C12H13ClF3LiO. The van der Waals surface area contributed by atoms with Crippen LogP contribution in [0.2, 0.25) is 5.02 Å². The predicted octanol–water partition coefficient (Wildman–Crippen LogP) is 1.80. The van der Waals surface area contributed by atoms with E-state index in [4.69, 9.17) is 11.6 Å². The molecule has 0 aliphatic heterocycles. The van der Waals surface area contributed by atoms with Gasteiger partial charge in [-0.05, 0) is 6.07 Å². The maximum atomic E-state index is 12.2. The summed E-state index contributed by atoms with van der Waals surface area (Å²) < 4.78 is 36.5. The second-order valence-corrected chi connectivity index (χ2v) is 3.56. The number of carbonyl (C=O) groups excluding carboxylic acids is 1. The number of aldehydes is 1. The van der Waals surface area contributed by atoms with Crippen LogP contribution in [0.15, 0.2) is 18.2 Å². The minimum atomic E-state index is -4.52. The molecule has 0 amide bonds. The van der Waals surface area contributed by atoms with Crippen molar-refractivity contribution in [2.24, 2.45) is 0 Å². The Labute approximate surface area is 122 Å². The van der Waals surface area contributed by atoms with Crippen molar-refractivity contribution in [3.8, 4) is 0 Å². The maximum absolute atomic E-state index is 12.2. The third-order valence-corrected chi connectivity index (χ3v) is 2.24. The van der Waals surface area contributed by atoms with E-state index >= 15 is 0 Å². The molecule has 0 atom stereocenters. The summed E-state index contributed by atoms with van der Waals surface area (Å²) in [6.07, 6.45) is -1.95. The van der Waals surface area contributed by atoms with E-state index in [1.165, 1.54) is 12.5 Å². The average molecular weight is 273 g/mol. The zero-order chi connectivity index (χ0) is 13.5. The number of halogens is 4. The van der Waals surface area contributed by atoms with Gasteiger partial charge in [0.1, 0.15) is 0 Å². The van der Waals surface area contributed by atoms with Crippen LogP contribution in [0.25, 0.3) is 0 Å². The normalized spacial score (nSPS) is 9.89. The fraction of sp³-hybridized carbons (Fsp3) is 0.333. The topological polar surface area (TPSA) is 17.1 Å². The molecule has 1 aromatic rings. The molecule has 0 radical (unpaired) electrons. The number of hydrogen-bond acceptors (Lipinski definition) is 1. The van der Waals surface area contributed by atoms with Gasteiger partial charge in [0, 0.05) is 5.56 Å². The number of unbranched alkanes of at least 4 members (excludes halogenated alkanes) is 1. The summed E-state index contributed by atoms with van der Waals surface area (Å²) in [7, 11) is 0. The Kier molecular flexibility index (Phi) is 10.5. The Hall–Kier alpha value is -0.433. The van der Waals surface area contributed by atoms with Crippen LogP contribution in [0.3, 0.4) is 0 Å². The zero-order valence-corrected chi connectivity index (χ0v) is 11.1. The van der Waals surface area contributed by atoms with Crippen molar-refractivity contribution in [3.05, 3.63) is 41.3 Å². The number of benzene rings is 1. The van der Waals surface area contributed by atoms with Crippen LogP contribution >= 0.6 is 11.6 Å². The standard InChI is InChI=1S/C8H4ClF3O.C4H9.Li/c9-7-5(4-13)2-1-3-6(7)8(10,11)12;1-3-4-2;/h1-4H;1,3-4H2,2H3;/q;-1;+1. The molecule has 0 aliphatic carbocycles. The van der Waals surface area contributed by atoms with Gasteiger partial charge in [0.05, 0.1) is 10.6 Å². The molecule has 0 aliphatic rings. The molecule has 0 heterocycles. The second-order valence-electron chi connectivity index (χ2n) is 3.18. The van der Waals surface area contributed by atoms with Gasteiger partial charge < -0.3 is 6.92 Å². The van der Waals surface area contributed by atoms with Gasteiger partial charge in [-0.25, -0.2) is 0 Å². The number of rotatable bonds is 2. The SMILES string of the molecule is O=Cc1cccc(C(F)(F)F)c1Cl.[CH2-]CCC.[Li+]. The molecule has 1 nitrogen and oxygen atoms in total. The van der Waals surface area contributed by atoms with Crippen LogP contribution in [0.4, 0.5) is 13.2 Å². The molecule has 1 rings (SSSR count). The Bertz CT molecular complexity index is 365. The molecule has 0 fully saturated rings. The molecule has 0 saturated heterocycles.